The summed E-state index contributed by atoms with van der Waals surface area (Å²) < 4.78 is 59.6. The fourth-order valence-electron chi connectivity index (χ4n) is 4.15. The number of alkyl halides is 4. The molecule has 1 aromatic carbocycles. The van der Waals surface area contributed by atoms with E-state index in [1.807, 2.05) is 24.3 Å². The predicted octanol–water partition coefficient (Wildman–Crippen LogP) is 3.74. The number of nitrogens with zero attached hydrogens (tertiary/aromatic N) is 4. The molecule has 0 saturated carbocycles. The third-order valence-electron chi connectivity index (χ3n) is 5.71. The van der Waals surface area contributed by atoms with E-state index in [1.165, 1.54) is 18.9 Å². The van der Waals surface area contributed by atoms with Gasteiger partial charge in [0.25, 0.3) is 12.9 Å². The summed E-state index contributed by atoms with van der Waals surface area (Å²) in [5.74, 6) is -1.15. The molecule has 11 heteroatoms. The monoisotopic (exact) mass is 464 g/mol. The van der Waals surface area contributed by atoms with E-state index in [9.17, 15) is 27.2 Å². The van der Waals surface area contributed by atoms with E-state index in [4.69, 9.17) is 4.74 Å². The Morgan fingerprint density at radius 3 is 2.48 bits per heavy atom. The van der Waals surface area contributed by atoms with Crippen molar-refractivity contribution in [3.8, 4) is 0 Å². The first-order valence-electron chi connectivity index (χ1n) is 10.1. The number of ether oxygens (including phenoxy) is 1. The van der Waals surface area contributed by atoms with Crippen molar-refractivity contribution in [1.82, 2.24) is 19.7 Å². The SMILES string of the molecule is COC(=O)C1Cc2ccccc2CN1C(=O)Cn1nc(C)c2c(C(F)F)cc(C(F)F)nc21. The first kappa shape index (κ1) is 22.7. The van der Waals surface area contributed by atoms with Crippen LogP contribution < -0.4 is 0 Å². The highest BCUT2D eigenvalue weighted by atomic mass is 19.3. The van der Waals surface area contributed by atoms with E-state index >= 15 is 0 Å². The van der Waals surface area contributed by atoms with Crippen molar-refractivity contribution in [2.24, 2.45) is 0 Å². The van der Waals surface area contributed by atoms with Gasteiger partial charge in [0.2, 0.25) is 5.91 Å². The minimum absolute atomic E-state index is 0.0734. The third-order valence-corrected chi connectivity index (χ3v) is 5.71. The van der Waals surface area contributed by atoms with Crippen LogP contribution in [0.1, 0.15) is 40.9 Å². The number of methoxy groups -OCH3 is 1. The van der Waals surface area contributed by atoms with Gasteiger partial charge in [-0.15, -0.1) is 0 Å². The molecule has 0 aliphatic carbocycles. The Morgan fingerprint density at radius 1 is 1.15 bits per heavy atom. The van der Waals surface area contributed by atoms with Gasteiger partial charge in [-0.25, -0.2) is 32.0 Å². The van der Waals surface area contributed by atoms with Crippen LogP contribution in [0.25, 0.3) is 11.0 Å². The lowest BCUT2D eigenvalue weighted by atomic mass is 9.94. The molecule has 0 fully saturated rings. The number of aromatic nitrogens is 3. The second kappa shape index (κ2) is 8.80. The molecule has 2 aromatic heterocycles. The van der Waals surface area contributed by atoms with Gasteiger partial charge in [0, 0.05) is 18.5 Å². The molecular weight excluding hydrogens is 444 g/mol. The van der Waals surface area contributed by atoms with E-state index in [-0.39, 0.29) is 29.7 Å². The van der Waals surface area contributed by atoms with E-state index < -0.39 is 48.6 Å². The number of rotatable bonds is 5. The third kappa shape index (κ3) is 4.14. The number of hydrogen-bond donors (Lipinski definition) is 0. The number of pyridine rings is 1. The van der Waals surface area contributed by atoms with Crippen LogP contribution in [0.3, 0.4) is 0 Å². The molecule has 0 radical (unpaired) electrons. The van der Waals surface area contributed by atoms with E-state index in [0.29, 0.717) is 6.07 Å². The van der Waals surface area contributed by atoms with Crippen LogP contribution >= 0.6 is 0 Å². The Hall–Kier alpha value is -3.50. The molecule has 0 spiro atoms. The van der Waals surface area contributed by atoms with Gasteiger partial charge in [0.05, 0.1) is 18.2 Å². The molecular formula is C22H20F4N4O3. The van der Waals surface area contributed by atoms with Crippen LogP contribution in [0.15, 0.2) is 30.3 Å². The number of esters is 1. The summed E-state index contributed by atoms with van der Waals surface area (Å²) in [4.78, 5) is 30.7. The van der Waals surface area contributed by atoms with E-state index in [1.54, 1.807) is 0 Å². The van der Waals surface area contributed by atoms with Gasteiger partial charge in [-0.05, 0) is 24.1 Å². The van der Waals surface area contributed by atoms with Crippen LogP contribution in [0, 0.1) is 6.92 Å². The summed E-state index contributed by atoms with van der Waals surface area (Å²) in [7, 11) is 1.22. The number of carbonyl (C=O) groups excluding carboxylic acids is 2. The summed E-state index contributed by atoms with van der Waals surface area (Å²) in [6, 6.07) is 7.11. The predicted molar refractivity (Wildman–Crippen MR) is 109 cm³/mol. The Bertz CT molecular complexity index is 1230. The van der Waals surface area contributed by atoms with Gasteiger partial charge in [0.15, 0.2) is 5.65 Å². The lowest BCUT2D eigenvalue weighted by molar-refractivity contribution is -0.154. The lowest BCUT2D eigenvalue weighted by Gasteiger charge is -2.35. The van der Waals surface area contributed by atoms with Crippen molar-refractivity contribution in [3.63, 3.8) is 0 Å². The smallest absolute Gasteiger partial charge is 0.328 e. The Labute approximate surface area is 185 Å². The zero-order valence-electron chi connectivity index (χ0n) is 17.8. The molecule has 33 heavy (non-hydrogen) atoms. The van der Waals surface area contributed by atoms with E-state index in [0.717, 1.165) is 15.8 Å². The highest BCUT2D eigenvalue weighted by Gasteiger charge is 2.36. The minimum atomic E-state index is -3.08. The van der Waals surface area contributed by atoms with Crippen LogP contribution in [0.2, 0.25) is 0 Å². The average molecular weight is 464 g/mol. The number of halogens is 4. The molecule has 4 rings (SSSR count). The molecule has 1 aliphatic rings. The minimum Gasteiger partial charge on any atom is -0.467 e. The highest BCUT2D eigenvalue weighted by molar-refractivity contribution is 5.87. The summed E-state index contributed by atoms with van der Waals surface area (Å²) in [5, 5.41) is 4.04. The van der Waals surface area contributed by atoms with Gasteiger partial charge in [0.1, 0.15) is 18.3 Å². The lowest BCUT2D eigenvalue weighted by Crippen LogP contribution is -2.50. The number of fused-ring (bicyclic) bond motifs is 2. The van der Waals surface area contributed by atoms with Gasteiger partial charge >= 0.3 is 5.97 Å². The molecule has 0 N–H and O–H groups in total. The summed E-state index contributed by atoms with van der Waals surface area (Å²) in [6.07, 6.45) is -5.85. The van der Waals surface area contributed by atoms with Crippen LogP contribution in [-0.2, 0) is 33.8 Å². The van der Waals surface area contributed by atoms with Crippen molar-refractivity contribution < 1.29 is 31.9 Å². The standard InChI is InChI=1S/C22H20F4N4O3/c1-11-18-14(19(23)24)8-15(20(25)26)27-21(18)30(28-11)10-17(31)29-9-13-6-4-3-5-12(13)7-16(29)22(32)33-2/h3-6,8,16,19-20H,7,9-10H2,1-2H3. The zero-order chi connectivity index (χ0) is 23.9. The summed E-state index contributed by atoms with van der Waals surface area (Å²) in [6.45, 7) is 1.10. The molecule has 7 nitrogen and oxygen atoms in total. The molecule has 0 saturated heterocycles. The zero-order valence-corrected chi connectivity index (χ0v) is 17.8. The second-order valence-electron chi connectivity index (χ2n) is 7.71. The Kier molecular flexibility index (Phi) is 6.05. The molecule has 1 amide bonds. The van der Waals surface area contributed by atoms with Crippen LogP contribution in [0.5, 0.6) is 0 Å². The average Bonchev–Trinajstić information content (AvgIpc) is 3.11. The first-order valence-corrected chi connectivity index (χ1v) is 10.1. The van der Waals surface area contributed by atoms with Gasteiger partial charge in [-0.1, -0.05) is 24.3 Å². The molecule has 3 aromatic rings. The first-order chi connectivity index (χ1) is 15.7. The molecule has 1 aliphatic heterocycles. The number of hydrogen-bond acceptors (Lipinski definition) is 5. The van der Waals surface area contributed by atoms with Gasteiger partial charge < -0.3 is 9.64 Å². The maximum Gasteiger partial charge on any atom is 0.328 e. The summed E-state index contributed by atoms with van der Waals surface area (Å²) >= 11 is 0. The topological polar surface area (TPSA) is 77.3 Å². The maximum atomic E-state index is 13.6. The van der Waals surface area contributed by atoms with Crippen molar-refractivity contribution in [2.75, 3.05) is 7.11 Å². The van der Waals surface area contributed by atoms with Crippen molar-refractivity contribution in [2.45, 2.75) is 45.3 Å². The molecule has 0 bridgehead atoms. The van der Waals surface area contributed by atoms with Crippen molar-refractivity contribution in [3.05, 3.63) is 58.4 Å². The van der Waals surface area contributed by atoms with E-state index in [2.05, 4.69) is 10.1 Å². The van der Waals surface area contributed by atoms with Crippen molar-refractivity contribution >= 4 is 22.9 Å². The molecule has 174 valence electrons. The quantitative estimate of drug-likeness (QED) is 0.425. The van der Waals surface area contributed by atoms with Gasteiger partial charge in [-0.3, -0.25) is 4.79 Å². The fourth-order valence-corrected chi connectivity index (χ4v) is 4.15. The van der Waals surface area contributed by atoms with Crippen LogP contribution in [-0.4, -0.2) is 44.7 Å². The van der Waals surface area contributed by atoms with Crippen LogP contribution in [0.4, 0.5) is 17.6 Å². The summed E-state index contributed by atoms with van der Waals surface area (Å²) in [5.41, 5.74) is 0.209. The molecule has 3 heterocycles. The molecule has 1 atom stereocenters. The van der Waals surface area contributed by atoms with Crippen molar-refractivity contribution in [1.29, 1.82) is 0 Å². The number of carbonyl (C=O) groups is 2. The second-order valence-corrected chi connectivity index (χ2v) is 7.71. The van der Waals surface area contributed by atoms with Gasteiger partial charge in [-0.2, -0.15) is 5.10 Å². The molecule has 1 unspecified atom stereocenters. The fraction of sp³-hybridized carbons (Fsp3) is 0.364. The normalized spacial score (nSPS) is 15.9. The number of aryl methyl sites for hydroxylation is 1. The Morgan fingerprint density at radius 2 is 1.85 bits per heavy atom. The number of amides is 1. The maximum absolute atomic E-state index is 13.6. The largest absolute Gasteiger partial charge is 0.467 e. The number of benzene rings is 1. The highest BCUT2D eigenvalue weighted by Crippen LogP contribution is 2.33. The Balaban J connectivity index is 1.73.